The highest BCUT2D eigenvalue weighted by Crippen LogP contribution is 2.33. The molecule has 2 aliphatic rings. The van der Waals surface area contributed by atoms with E-state index in [0.29, 0.717) is 24.8 Å². The van der Waals surface area contributed by atoms with Crippen molar-refractivity contribution in [2.75, 3.05) is 26.7 Å². The van der Waals surface area contributed by atoms with Gasteiger partial charge >= 0.3 is 0 Å². The molecule has 4 heterocycles. The molecule has 1 N–H and O–H groups in total. The summed E-state index contributed by atoms with van der Waals surface area (Å²) in [5.41, 5.74) is 4.18. The lowest BCUT2D eigenvalue weighted by Gasteiger charge is -2.29. The van der Waals surface area contributed by atoms with Gasteiger partial charge in [-0.1, -0.05) is 24.3 Å². The summed E-state index contributed by atoms with van der Waals surface area (Å²) in [4.78, 5) is 18.9. The maximum atomic E-state index is 11.6. The predicted molar refractivity (Wildman–Crippen MR) is 125 cm³/mol. The largest absolute Gasteiger partial charge is 0.474 e. The lowest BCUT2D eigenvalue weighted by atomic mass is 9.89. The van der Waals surface area contributed by atoms with Crippen molar-refractivity contribution in [3.63, 3.8) is 0 Å². The summed E-state index contributed by atoms with van der Waals surface area (Å²) in [6, 6.07) is 10.8. The van der Waals surface area contributed by atoms with Crippen molar-refractivity contribution in [1.82, 2.24) is 25.0 Å². The van der Waals surface area contributed by atoms with Crippen LogP contribution in [0.1, 0.15) is 37.7 Å². The van der Waals surface area contributed by atoms with E-state index >= 15 is 0 Å². The summed E-state index contributed by atoms with van der Waals surface area (Å²) in [7, 11) is 4.10. The minimum atomic E-state index is -0.119. The molecule has 1 unspecified atom stereocenters. The first-order valence-corrected chi connectivity index (χ1v) is 11.5. The van der Waals surface area contributed by atoms with Crippen LogP contribution in [-0.4, -0.2) is 58.4 Å². The average molecular weight is 434 g/mol. The summed E-state index contributed by atoms with van der Waals surface area (Å²) < 4.78 is 8.09. The Hall–Kier alpha value is -2.93. The number of likely N-dealkylation sites (tertiary alicyclic amines) is 1. The molecule has 2 atom stereocenters. The van der Waals surface area contributed by atoms with Crippen molar-refractivity contribution in [2.24, 2.45) is 13.0 Å². The van der Waals surface area contributed by atoms with Gasteiger partial charge in [-0.05, 0) is 57.5 Å². The van der Waals surface area contributed by atoms with E-state index in [-0.39, 0.29) is 17.9 Å². The van der Waals surface area contributed by atoms with Gasteiger partial charge in [-0.3, -0.25) is 9.48 Å². The van der Waals surface area contributed by atoms with Crippen molar-refractivity contribution in [3.05, 3.63) is 42.1 Å². The number of carbonyl (C=O) groups excluding carboxylic acids is 1. The van der Waals surface area contributed by atoms with E-state index in [1.54, 1.807) is 4.68 Å². The topological polar surface area (TPSA) is 72.3 Å². The molecule has 0 saturated carbocycles. The second-order valence-electron chi connectivity index (χ2n) is 9.34. The maximum Gasteiger partial charge on any atom is 0.225 e. The SMILES string of the molecule is CC(Oc1nc(-c2ccc(C3CCN(C)CC3)cc2)cc2nn(C)cc12)[C@H]1CNC(=O)C1. The molecule has 2 saturated heterocycles. The predicted octanol–water partition coefficient (Wildman–Crippen LogP) is 3.35. The van der Waals surface area contributed by atoms with Crippen molar-refractivity contribution >= 4 is 16.8 Å². The van der Waals surface area contributed by atoms with Gasteiger partial charge < -0.3 is 15.0 Å². The number of amides is 1. The fraction of sp³-hybridized carbons (Fsp3) is 0.480. The molecule has 0 radical (unpaired) electrons. The number of hydrogen-bond donors (Lipinski definition) is 1. The van der Waals surface area contributed by atoms with Gasteiger partial charge in [0.05, 0.1) is 16.6 Å². The number of piperidine rings is 1. The summed E-state index contributed by atoms with van der Waals surface area (Å²) in [5.74, 6) is 1.45. The summed E-state index contributed by atoms with van der Waals surface area (Å²) in [6.07, 6.45) is 4.74. The van der Waals surface area contributed by atoms with Gasteiger partial charge in [0, 0.05) is 37.7 Å². The number of pyridine rings is 1. The van der Waals surface area contributed by atoms with E-state index in [4.69, 9.17) is 9.72 Å². The number of nitrogens with one attached hydrogen (secondary N) is 1. The molecule has 168 valence electrons. The standard InChI is InChI=1S/C25H31N5O2/c1-16(20-12-24(31)26-14-20)32-25-21-15-30(3)28-23(21)13-22(27-25)19-6-4-17(5-7-19)18-8-10-29(2)11-9-18/h4-7,13,15-16,18,20H,8-12,14H2,1-3H3,(H,26,31)/t16?,20-/m1/s1. The number of nitrogens with zero attached hydrogens (tertiary/aromatic N) is 4. The molecule has 3 aromatic rings. The molecule has 0 bridgehead atoms. The second kappa shape index (κ2) is 8.54. The zero-order valence-electron chi connectivity index (χ0n) is 19.0. The molecule has 1 aromatic carbocycles. The highest BCUT2D eigenvalue weighted by atomic mass is 16.5. The van der Waals surface area contributed by atoms with Crippen LogP contribution >= 0.6 is 0 Å². The number of aromatic nitrogens is 3. The maximum absolute atomic E-state index is 11.6. The lowest BCUT2D eigenvalue weighted by molar-refractivity contribution is -0.119. The Morgan fingerprint density at radius 2 is 1.91 bits per heavy atom. The number of fused-ring (bicyclic) bond motifs is 1. The smallest absolute Gasteiger partial charge is 0.225 e. The molecular formula is C25H31N5O2. The number of aryl methyl sites for hydroxylation is 1. The van der Waals surface area contributed by atoms with Gasteiger partial charge in [-0.25, -0.2) is 4.98 Å². The molecule has 2 fully saturated rings. The summed E-state index contributed by atoms with van der Waals surface area (Å²) in [5, 5.41) is 8.38. The molecule has 2 aromatic heterocycles. The highest BCUT2D eigenvalue weighted by molar-refractivity contribution is 5.86. The minimum absolute atomic E-state index is 0.0865. The van der Waals surface area contributed by atoms with E-state index in [0.717, 1.165) is 35.2 Å². The van der Waals surface area contributed by atoms with Crippen molar-refractivity contribution in [2.45, 2.75) is 38.2 Å². The third-order valence-corrected chi connectivity index (χ3v) is 6.95. The zero-order valence-corrected chi connectivity index (χ0v) is 19.0. The fourth-order valence-corrected chi connectivity index (χ4v) is 4.85. The Bertz CT molecular complexity index is 1120. The Morgan fingerprint density at radius 1 is 1.16 bits per heavy atom. The van der Waals surface area contributed by atoms with Crippen LogP contribution in [-0.2, 0) is 11.8 Å². The molecular weight excluding hydrogens is 402 g/mol. The normalized spacial score (nSPS) is 21.1. The third-order valence-electron chi connectivity index (χ3n) is 6.95. The molecule has 32 heavy (non-hydrogen) atoms. The Labute approximate surface area is 188 Å². The van der Waals surface area contributed by atoms with Crippen LogP contribution in [0.3, 0.4) is 0 Å². The quantitative estimate of drug-likeness (QED) is 0.668. The van der Waals surface area contributed by atoms with E-state index < -0.39 is 0 Å². The van der Waals surface area contributed by atoms with Gasteiger partial charge in [0.25, 0.3) is 0 Å². The van der Waals surface area contributed by atoms with Gasteiger partial charge in [-0.2, -0.15) is 5.10 Å². The van der Waals surface area contributed by atoms with E-state index in [1.165, 1.54) is 18.4 Å². The molecule has 0 aliphatic carbocycles. The van der Waals surface area contributed by atoms with Crippen LogP contribution in [0.5, 0.6) is 5.88 Å². The molecule has 5 rings (SSSR count). The van der Waals surface area contributed by atoms with Crippen LogP contribution in [0.15, 0.2) is 36.5 Å². The van der Waals surface area contributed by atoms with Crippen molar-refractivity contribution in [1.29, 1.82) is 0 Å². The van der Waals surface area contributed by atoms with Crippen LogP contribution in [0, 0.1) is 5.92 Å². The van der Waals surface area contributed by atoms with E-state index in [9.17, 15) is 4.79 Å². The third kappa shape index (κ3) is 4.21. The lowest BCUT2D eigenvalue weighted by Crippen LogP contribution is -2.29. The number of ether oxygens (including phenoxy) is 1. The molecule has 0 spiro atoms. The zero-order chi connectivity index (χ0) is 22.2. The number of rotatable bonds is 5. The Morgan fingerprint density at radius 3 is 2.59 bits per heavy atom. The first kappa shape index (κ1) is 20.9. The first-order valence-electron chi connectivity index (χ1n) is 11.5. The minimum Gasteiger partial charge on any atom is -0.474 e. The number of benzene rings is 1. The summed E-state index contributed by atoms with van der Waals surface area (Å²) >= 11 is 0. The van der Waals surface area contributed by atoms with E-state index in [1.807, 2.05) is 26.2 Å². The van der Waals surface area contributed by atoms with Crippen LogP contribution in [0.25, 0.3) is 22.2 Å². The van der Waals surface area contributed by atoms with Gasteiger partial charge in [0.2, 0.25) is 11.8 Å². The highest BCUT2D eigenvalue weighted by Gasteiger charge is 2.29. The van der Waals surface area contributed by atoms with Crippen LogP contribution in [0.4, 0.5) is 0 Å². The second-order valence-corrected chi connectivity index (χ2v) is 9.34. The monoisotopic (exact) mass is 433 g/mol. The first-order chi connectivity index (χ1) is 15.5. The molecule has 7 heteroatoms. The molecule has 7 nitrogen and oxygen atoms in total. The van der Waals surface area contributed by atoms with Gasteiger partial charge in [-0.15, -0.1) is 0 Å². The van der Waals surface area contributed by atoms with Crippen molar-refractivity contribution < 1.29 is 9.53 Å². The Kier molecular flexibility index (Phi) is 5.59. The number of carbonyl (C=O) groups is 1. The molecule has 1 amide bonds. The van der Waals surface area contributed by atoms with Gasteiger partial charge in [0.15, 0.2) is 0 Å². The van der Waals surface area contributed by atoms with Crippen LogP contribution in [0.2, 0.25) is 0 Å². The average Bonchev–Trinajstić information content (AvgIpc) is 3.39. The van der Waals surface area contributed by atoms with Crippen molar-refractivity contribution in [3.8, 4) is 17.1 Å². The van der Waals surface area contributed by atoms with Crippen LogP contribution < -0.4 is 10.1 Å². The number of hydrogen-bond acceptors (Lipinski definition) is 5. The summed E-state index contributed by atoms with van der Waals surface area (Å²) in [6.45, 7) is 4.98. The van der Waals surface area contributed by atoms with Gasteiger partial charge in [0.1, 0.15) is 6.10 Å². The fourth-order valence-electron chi connectivity index (χ4n) is 4.85. The van der Waals surface area contributed by atoms with E-state index in [2.05, 4.69) is 46.6 Å². The molecule has 2 aliphatic heterocycles. The Balaban J connectivity index is 1.42.